The fourth-order valence-electron chi connectivity index (χ4n) is 3.23. The van der Waals surface area contributed by atoms with E-state index in [4.69, 9.17) is 0 Å². The van der Waals surface area contributed by atoms with Gasteiger partial charge in [0.05, 0.1) is 5.41 Å². The van der Waals surface area contributed by atoms with Crippen molar-refractivity contribution in [3.8, 4) is 0 Å². The molecule has 4 nitrogen and oxygen atoms in total. The molecule has 0 aromatic heterocycles. The van der Waals surface area contributed by atoms with Gasteiger partial charge in [-0.2, -0.15) is 0 Å². The summed E-state index contributed by atoms with van der Waals surface area (Å²) < 4.78 is 0. The summed E-state index contributed by atoms with van der Waals surface area (Å²) in [5.74, 6) is -0.271. The lowest BCUT2D eigenvalue weighted by Gasteiger charge is -2.23. The van der Waals surface area contributed by atoms with Crippen LogP contribution in [0.25, 0.3) is 0 Å². The van der Waals surface area contributed by atoms with E-state index in [1.165, 1.54) is 25.9 Å². The van der Waals surface area contributed by atoms with E-state index in [9.17, 15) is 14.4 Å². The highest BCUT2D eigenvalue weighted by atomic mass is 16.2. The number of hydrogen-bond acceptors (Lipinski definition) is 4. The molecule has 2 unspecified atom stereocenters. The molecule has 2 aliphatic carbocycles. The van der Waals surface area contributed by atoms with Gasteiger partial charge in [0.1, 0.15) is 12.1 Å². The minimum atomic E-state index is -1.03. The summed E-state index contributed by atoms with van der Waals surface area (Å²) in [5, 5.41) is 0. The smallest absolute Gasteiger partial charge is 0.172 e. The van der Waals surface area contributed by atoms with Crippen molar-refractivity contribution in [2.75, 3.05) is 20.1 Å². The Balaban J connectivity index is 0.000000186. The summed E-state index contributed by atoms with van der Waals surface area (Å²) in [6.07, 6.45) is 4.44. The maximum Gasteiger partial charge on any atom is 0.172 e. The van der Waals surface area contributed by atoms with Crippen molar-refractivity contribution in [1.82, 2.24) is 4.90 Å². The molecule has 3 rings (SSSR count). The normalized spacial score (nSPS) is 34.2. The molecule has 0 amide bonds. The Labute approximate surface area is 113 Å². The molecule has 0 aromatic rings. The van der Waals surface area contributed by atoms with Gasteiger partial charge >= 0.3 is 0 Å². The lowest BCUT2D eigenvalue weighted by Crippen LogP contribution is -2.33. The lowest BCUT2D eigenvalue weighted by molar-refractivity contribution is -0.137. The third-order valence-corrected chi connectivity index (χ3v) is 4.39. The molecule has 1 aliphatic heterocycles. The predicted octanol–water partition coefficient (Wildman–Crippen LogP) is 1.39. The van der Waals surface area contributed by atoms with E-state index in [1.807, 2.05) is 0 Å². The molecule has 104 valence electrons. The summed E-state index contributed by atoms with van der Waals surface area (Å²) in [7, 11) is 2.17. The van der Waals surface area contributed by atoms with Gasteiger partial charge in [0.2, 0.25) is 0 Å². The van der Waals surface area contributed by atoms with Crippen molar-refractivity contribution >= 4 is 17.9 Å². The zero-order valence-electron chi connectivity index (χ0n) is 11.5. The molecule has 4 heteroatoms. The van der Waals surface area contributed by atoms with Crippen molar-refractivity contribution in [2.24, 2.45) is 11.3 Å². The van der Waals surface area contributed by atoms with Crippen LogP contribution in [0.2, 0.25) is 0 Å². The van der Waals surface area contributed by atoms with E-state index in [0.29, 0.717) is 24.7 Å². The monoisotopic (exact) mass is 263 g/mol. The largest absolute Gasteiger partial charge is 0.306 e. The number of nitrogens with zero attached hydrogens (tertiary/aromatic N) is 1. The highest BCUT2D eigenvalue weighted by Gasteiger charge is 2.53. The molecule has 0 N–H and O–H groups in total. The van der Waals surface area contributed by atoms with Crippen molar-refractivity contribution in [3.63, 3.8) is 0 Å². The van der Waals surface area contributed by atoms with Gasteiger partial charge in [-0.3, -0.25) is 9.59 Å². The Morgan fingerprint density at radius 3 is 2.42 bits per heavy atom. The van der Waals surface area contributed by atoms with Crippen molar-refractivity contribution in [1.29, 1.82) is 0 Å². The van der Waals surface area contributed by atoms with Gasteiger partial charge in [-0.15, -0.1) is 0 Å². The van der Waals surface area contributed by atoms with Gasteiger partial charge in [-0.25, -0.2) is 0 Å². The number of allylic oxidation sites excluding steroid dienone is 1. The average molecular weight is 263 g/mol. The summed E-state index contributed by atoms with van der Waals surface area (Å²) >= 11 is 0. The predicted molar refractivity (Wildman–Crippen MR) is 71.7 cm³/mol. The van der Waals surface area contributed by atoms with Gasteiger partial charge in [0.15, 0.2) is 5.78 Å². The van der Waals surface area contributed by atoms with E-state index in [1.54, 1.807) is 0 Å². The Kier molecular flexibility index (Phi) is 3.99. The number of Topliss-reactive ketones (excluding diaryl/α,β-unsaturated/α-hetero) is 2. The van der Waals surface area contributed by atoms with Crippen LogP contribution in [0, 0.1) is 11.3 Å². The average Bonchev–Trinajstić information content (AvgIpc) is 2.93. The van der Waals surface area contributed by atoms with E-state index in [-0.39, 0.29) is 23.9 Å². The quantitative estimate of drug-likeness (QED) is 0.407. The van der Waals surface area contributed by atoms with Gasteiger partial charge in [-0.05, 0) is 50.9 Å². The fourth-order valence-corrected chi connectivity index (χ4v) is 3.23. The second kappa shape index (κ2) is 5.37. The minimum absolute atomic E-state index is 0.00958. The van der Waals surface area contributed by atoms with Crippen LogP contribution < -0.4 is 0 Å². The second-order valence-electron chi connectivity index (χ2n) is 5.96. The highest BCUT2D eigenvalue weighted by molar-refractivity contribution is 6.14. The Morgan fingerprint density at radius 1 is 1.32 bits per heavy atom. The van der Waals surface area contributed by atoms with Crippen LogP contribution in [0.3, 0.4) is 0 Å². The van der Waals surface area contributed by atoms with Crippen LogP contribution >= 0.6 is 0 Å². The fraction of sp³-hybridized carbons (Fsp3) is 0.667. The summed E-state index contributed by atoms with van der Waals surface area (Å²) in [6.45, 7) is 6.28. The molecule has 0 spiro atoms. The molecule has 2 bridgehead atoms. The van der Waals surface area contributed by atoms with Gasteiger partial charge in [0.25, 0.3) is 0 Å². The standard InChI is InChI=1S/C10H10O3.C5H11N/c1-6-7-2-8(12)4-10(3-7,5-11)9(6)13;1-6-4-2-3-5-6/h5,7H,1-4H2;2-5H2,1H3. The molecule has 19 heavy (non-hydrogen) atoms. The maximum atomic E-state index is 11.6. The van der Waals surface area contributed by atoms with Gasteiger partial charge in [0, 0.05) is 12.8 Å². The number of carbonyl (C=O) groups excluding carboxylic acids is 3. The summed E-state index contributed by atoms with van der Waals surface area (Å²) in [5.41, 5.74) is -0.560. The van der Waals surface area contributed by atoms with Crippen molar-refractivity contribution in [3.05, 3.63) is 12.2 Å². The Morgan fingerprint density at radius 2 is 1.95 bits per heavy atom. The van der Waals surface area contributed by atoms with Crippen LogP contribution in [-0.2, 0) is 14.4 Å². The van der Waals surface area contributed by atoms with Crippen molar-refractivity contribution in [2.45, 2.75) is 32.1 Å². The molecule has 2 atom stereocenters. The molecule has 3 fully saturated rings. The molecular weight excluding hydrogens is 242 g/mol. The molecule has 2 saturated carbocycles. The van der Waals surface area contributed by atoms with E-state index in [2.05, 4.69) is 18.5 Å². The first-order chi connectivity index (χ1) is 8.98. The molecule has 0 radical (unpaired) electrons. The first-order valence-corrected chi connectivity index (χ1v) is 6.89. The van der Waals surface area contributed by atoms with Crippen LogP contribution in [0.4, 0.5) is 0 Å². The molecule has 3 aliphatic rings. The topological polar surface area (TPSA) is 54.5 Å². The van der Waals surface area contributed by atoms with Gasteiger partial charge < -0.3 is 9.69 Å². The van der Waals surface area contributed by atoms with Crippen molar-refractivity contribution < 1.29 is 14.4 Å². The number of aldehydes is 1. The number of ketones is 2. The second-order valence-corrected chi connectivity index (χ2v) is 5.96. The molecule has 1 heterocycles. The van der Waals surface area contributed by atoms with Crippen LogP contribution in [0.5, 0.6) is 0 Å². The van der Waals surface area contributed by atoms with Crippen LogP contribution in [0.15, 0.2) is 12.2 Å². The zero-order valence-corrected chi connectivity index (χ0v) is 11.5. The first kappa shape index (κ1) is 14.1. The summed E-state index contributed by atoms with van der Waals surface area (Å²) in [4.78, 5) is 36.0. The molecular formula is C15H21NO3. The van der Waals surface area contributed by atoms with E-state index in [0.717, 1.165) is 0 Å². The third kappa shape index (κ3) is 2.68. The number of carbonyl (C=O) groups is 3. The van der Waals surface area contributed by atoms with Crippen LogP contribution in [0.1, 0.15) is 32.1 Å². The Hall–Kier alpha value is -1.29. The maximum absolute atomic E-state index is 11.6. The minimum Gasteiger partial charge on any atom is -0.306 e. The Bertz CT molecular complexity index is 423. The molecule has 1 saturated heterocycles. The SMILES string of the molecule is C=C1C(=O)C2(C=O)CC(=O)CC1C2.CN1CCCC1. The van der Waals surface area contributed by atoms with E-state index >= 15 is 0 Å². The summed E-state index contributed by atoms with van der Waals surface area (Å²) in [6, 6.07) is 0. The van der Waals surface area contributed by atoms with E-state index < -0.39 is 5.41 Å². The first-order valence-electron chi connectivity index (χ1n) is 6.89. The molecule has 0 aromatic carbocycles. The number of hydrogen-bond donors (Lipinski definition) is 0. The highest BCUT2D eigenvalue weighted by Crippen LogP contribution is 2.48. The van der Waals surface area contributed by atoms with Gasteiger partial charge in [-0.1, -0.05) is 6.58 Å². The number of rotatable bonds is 1. The number of fused-ring (bicyclic) bond motifs is 2. The zero-order chi connectivity index (χ0) is 14.0. The van der Waals surface area contributed by atoms with Crippen LogP contribution in [-0.4, -0.2) is 42.9 Å². The number of likely N-dealkylation sites (tertiary alicyclic amines) is 1. The third-order valence-electron chi connectivity index (χ3n) is 4.39. The lowest BCUT2D eigenvalue weighted by atomic mass is 9.76.